The maximum absolute atomic E-state index is 12.7. The highest BCUT2D eigenvalue weighted by Gasteiger charge is 2.22. The maximum Gasteiger partial charge on any atom is 0.260 e. The van der Waals surface area contributed by atoms with Crippen molar-refractivity contribution in [2.24, 2.45) is 0 Å². The van der Waals surface area contributed by atoms with Gasteiger partial charge in [-0.25, -0.2) is 0 Å². The van der Waals surface area contributed by atoms with Crippen LogP contribution in [-0.2, 0) is 13.0 Å². The highest BCUT2D eigenvalue weighted by Crippen LogP contribution is 2.34. The Morgan fingerprint density at radius 3 is 2.91 bits per heavy atom. The van der Waals surface area contributed by atoms with Crippen molar-refractivity contribution in [3.05, 3.63) is 64.6 Å². The van der Waals surface area contributed by atoms with Crippen LogP contribution in [0, 0.1) is 0 Å². The normalized spacial score (nSPS) is 13.3. The average Bonchev–Trinajstić information content (AvgIpc) is 2.94. The van der Waals surface area contributed by atoms with E-state index in [2.05, 4.69) is 28.2 Å². The van der Waals surface area contributed by atoms with Gasteiger partial charge in [-0.3, -0.25) is 9.78 Å². The molecular formula is C18H13N3O. The minimum absolute atomic E-state index is 0.0462. The van der Waals surface area contributed by atoms with Gasteiger partial charge in [-0.1, -0.05) is 18.2 Å². The first-order chi connectivity index (χ1) is 10.8. The quantitative estimate of drug-likeness (QED) is 0.540. The van der Waals surface area contributed by atoms with Gasteiger partial charge in [-0.05, 0) is 36.2 Å². The molecule has 0 saturated carbocycles. The molecule has 4 nitrogen and oxygen atoms in total. The minimum atomic E-state index is 0.0462. The first kappa shape index (κ1) is 11.7. The number of nitrogens with one attached hydrogen (secondary N) is 1. The zero-order valence-corrected chi connectivity index (χ0v) is 11.8. The zero-order chi connectivity index (χ0) is 14.7. The van der Waals surface area contributed by atoms with E-state index in [1.165, 1.54) is 10.9 Å². The Kier molecular flexibility index (Phi) is 2.17. The fraction of sp³-hybridized carbons (Fsp3) is 0.111. The van der Waals surface area contributed by atoms with E-state index in [0.29, 0.717) is 11.9 Å². The van der Waals surface area contributed by atoms with Gasteiger partial charge in [0, 0.05) is 23.6 Å². The largest absolute Gasteiger partial charge is 0.353 e. The van der Waals surface area contributed by atoms with Crippen molar-refractivity contribution in [3.63, 3.8) is 0 Å². The number of aryl methyl sites for hydroxylation is 1. The summed E-state index contributed by atoms with van der Waals surface area (Å²) in [7, 11) is 0. The number of hydrogen-bond acceptors (Lipinski definition) is 2. The van der Waals surface area contributed by atoms with E-state index >= 15 is 0 Å². The smallest absolute Gasteiger partial charge is 0.260 e. The second-order valence-corrected chi connectivity index (χ2v) is 5.70. The Balaban J connectivity index is 1.93. The number of H-pyrrole nitrogens is 1. The van der Waals surface area contributed by atoms with E-state index in [4.69, 9.17) is 0 Å². The Labute approximate surface area is 126 Å². The number of benzene rings is 1. The number of aromatic amines is 1. The van der Waals surface area contributed by atoms with Gasteiger partial charge in [0.1, 0.15) is 0 Å². The van der Waals surface area contributed by atoms with Crippen molar-refractivity contribution in [1.29, 1.82) is 0 Å². The van der Waals surface area contributed by atoms with Crippen molar-refractivity contribution < 1.29 is 0 Å². The van der Waals surface area contributed by atoms with Gasteiger partial charge in [0.15, 0.2) is 0 Å². The van der Waals surface area contributed by atoms with E-state index in [9.17, 15) is 4.79 Å². The van der Waals surface area contributed by atoms with Gasteiger partial charge in [0.05, 0.1) is 22.3 Å². The summed E-state index contributed by atoms with van der Waals surface area (Å²) in [6.07, 6.45) is 2.60. The van der Waals surface area contributed by atoms with E-state index in [1.54, 1.807) is 6.20 Å². The van der Waals surface area contributed by atoms with Crippen molar-refractivity contribution in [3.8, 4) is 11.4 Å². The third kappa shape index (κ3) is 1.41. The topological polar surface area (TPSA) is 50.7 Å². The van der Waals surface area contributed by atoms with Gasteiger partial charge in [-0.2, -0.15) is 0 Å². The van der Waals surface area contributed by atoms with E-state index in [-0.39, 0.29) is 5.56 Å². The van der Waals surface area contributed by atoms with Gasteiger partial charge in [-0.15, -0.1) is 0 Å². The summed E-state index contributed by atoms with van der Waals surface area (Å²) >= 11 is 0. The van der Waals surface area contributed by atoms with Crippen LogP contribution in [0.2, 0.25) is 0 Å². The number of pyridine rings is 2. The lowest BCUT2D eigenvalue weighted by atomic mass is 10.0. The first-order valence-corrected chi connectivity index (χ1v) is 7.41. The fourth-order valence-electron chi connectivity index (χ4n) is 3.51. The highest BCUT2D eigenvalue weighted by molar-refractivity contribution is 5.92. The number of para-hydroxylation sites is 1. The summed E-state index contributed by atoms with van der Waals surface area (Å²) in [6.45, 7) is 0.716. The SMILES string of the molecule is O=c1c2cccnc2cc2n1CCc1c-2[nH]c2ccccc12. The van der Waals surface area contributed by atoms with E-state index in [0.717, 1.165) is 28.8 Å². The standard InChI is InChI=1S/C18H13N3O/c22-18-13-5-3-8-19-15(13)10-16-17-12(7-9-21(16)18)11-4-1-2-6-14(11)20-17/h1-6,8,10,20H,7,9H2. The van der Waals surface area contributed by atoms with Gasteiger partial charge in [0.2, 0.25) is 0 Å². The van der Waals surface area contributed by atoms with Crippen LogP contribution in [0.3, 0.4) is 0 Å². The molecule has 0 spiro atoms. The molecule has 4 aromatic rings. The molecule has 0 aliphatic carbocycles. The van der Waals surface area contributed by atoms with E-state index < -0.39 is 0 Å². The van der Waals surface area contributed by atoms with Crippen LogP contribution in [0.4, 0.5) is 0 Å². The molecular weight excluding hydrogens is 274 g/mol. The molecule has 0 amide bonds. The van der Waals surface area contributed by atoms with Crippen molar-refractivity contribution >= 4 is 21.8 Å². The van der Waals surface area contributed by atoms with Gasteiger partial charge >= 0.3 is 0 Å². The molecule has 1 aromatic carbocycles. The minimum Gasteiger partial charge on any atom is -0.353 e. The highest BCUT2D eigenvalue weighted by atomic mass is 16.1. The molecule has 5 rings (SSSR count). The van der Waals surface area contributed by atoms with Crippen molar-refractivity contribution in [2.75, 3.05) is 0 Å². The molecule has 1 aliphatic heterocycles. The van der Waals surface area contributed by atoms with Crippen LogP contribution in [0.25, 0.3) is 33.2 Å². The van der Waals surface area contributed by atoms with E-state index in [1.807, 2.05) is 28.8 Å². The molecule has 3 aromatic heterocycles. The van der Waals surface area contributed by atoms with Crippen LogP contribution in [-0.4, -0.2) is 14.5 Å². The Morgan fingerprint density at radius 2 is 1.95 bits per heavy atom. The summed E-state index contributed by atoms with van der Waals surface area (Å²) < 4.78 is 1.86. The summed E-state index contributed by atoms with van der Waals surface area (Å²) in [4.78, 5) is 20.5. The zero-order valence-electron chi connectivity index (χ0n) is 11.8. The molecule has 0 saturated heterocycles. The summed E-state index contributed by atoms with van der Waals surface area (Å²) in [6, 6.07) is 14.0. The maximum atomic E-state index is 12.7. The summed E-state index contributed by atoms with van der Waals surface area (Å²) in [5, 5.41) is 1.93. The first-order valence-electron chi connectivity index (χ1n) is 7.41. The van der Waals surface area contributed by atoms with Crippen LogP contribution in [0.5, 0.6) is 0 Å². The molecule has 0 fully saturated rings. The molecule has 1 N–H and O–H groups in total. The predicted molar refractivity (Wildman–Crippen MR) is 87.0 cm³/mol. The van der Waals surface area contributed by atoms with Crippen LogP contribution >= 0.6 is 0 Å². The number of hydrogen-bond donors (Lipinski definition) is 1. The number of fused-ring (bicyclic) bond motifs is 6. The third-order valence-electron chi connectivity index (χ3n) is 4.53. The lowest BCUT2D eigenvalue weighted by molar-refractivity contribution is 0.665. The predicted octanol–water partition coefficient (Wildman–Crippen LogP) is 3.10. The Morgan fingerprint density at radius 1 is 1.09 bits per heavy atom. The monoisotopic (exact) mass is 287 g/mol. The molecule has 0 atom stereocenters. The second kappa shape index (κ2) is 4.07. The van der Waals surface area contributed by atoms with Gasteiger partial charge < -0.3 is 9.55 Å². The van der Waals surface area contributed by atoms with Gasteiger partial charge in [0.25, 0.3) is 5.56 Å². The second-order valence-electron chi connectivity index (χ2n) is 5.70. The molecule has 22 heavy (non-hydrogen) atoms. The number of nitrogens with zero attached hydrogens (tertiary/aromatic N) is 2. The van der Waals surface area contributed by atoms with Crippen LogP contribution < -0.4 is 5.56 Å². The average molecular weight is 287 g/mol. The lowest BCUT2D eigenvalue weighted by Crippen LogP contribution is -2.26. The molecule has 106 valence electrons. The van der Waals surface area contributed by atoms with Crippen LogP contribution in [0.1, 0.15) is 5.56 Å². The Bertz CT molecular complexity index is 1100. The third-order valence-corrected chi connectivity index (χ3v) is 4.53. The molecule has 4 heteroatoms. The summed E-state index contributed by atoms with van der Waals surface area (Å²) in [5.74, 6) is 0. The number of aromatic nitrogens is 3. The molecule has 1 aliphatic rings. The summed E-state index contributed by atoms with van der Waals surface area (Å²) in [5.41, 5.74) is 5.21. The Hall–Kier alpha value is -2.88. The molecule has 0 bridgehead atoms. The molecule has 4 heterocycles. The number of rotatable bonds is 0. The van der Waals surface area contributed by atoms with Crippen molar-refractivity contribution in [1.82, 2.24) is 14.5 Å². The fourth-order valence-corrected chi connectivity index (χ4v) is 3.51. The van der Waals surface area contributed by atoms with Crippen LogP contribution in [0.15, 0.2) is 53.5 Å². The lowest BCUT2D eigenvalue weighted by Gasteiger charge is -2.19. The molecule has 0 unspecified atom stereocenters. The van der Waals surface area contributed by atoms with Crippen molar-refractivity contribution in [2.45, 2.75) is 13.0 Å². The molecule has 0 radical (unpaired) electrons.